The minimum absolute atomic E-state index is 0.0171. The maximum atomic E-state index is 14.4. The van der Waals surface area contributed by atoms with Gasteiger partial charge in [-0.1, -0.05) is 13.8 Å². The van der Waals surface area contributed by atoms with E-state index in [0.29, 0.717) is 12.3 Å². The SMILES string of the molecule is CC(C)CCC1(CO)OC(n2ccc(N)nc2=O)C(F)C1O. The van der Waals surface area contributed by atoms with E-state index in [-0.39, 0.29) is 12.2 Å². The Kier molecular flexibility index (Phi) is 4.84. The second kappa shape index (κ2) is 6.31. The molecule has 1 aliphatic rings. The van der Waals surface area contributed by atoms with Crippen LogP contribution in [0.4, 0.5) is 10.2 Å². The predicted molar refractivity (Wildman–Crippen MR) is 77.8 cm³/mol. The van der Waals surface area contributed by atoms with E-state index in [1.807, 2.05) is 13.8 Å². The number of aromatic nitrogens is 2. The Balaban J connectivity index is 2.30. The van der Waals surface area contributed by atoms with Gasteiger partial charge in [-0.05, 0) is 24.8 Å². The van der Waals surface area contributed by atoms with Crippen molar-refractivity contribution in [3.8, 4) is 0 Å². The molecule has 0 amide bonds. The highest BCUT2D eigenvalue weighted by Crippen LogP contribution is 2.41. The van der Waals surface area contributed by atoms with Crippen LogP contribution in [0.25, 0.3) is 0 Å². The van der Waals surface area contributed by atoms with E-state index in [9.17, 15) is 19.4 Å². The summed E-state index contributed by atoms with van der Waals surface area (Å²) in [5, 5.41) is 19.8. The van der Waals surface area contributed by atoms with Crippen molar-refractivity contribution in [1.29, 1.82) is 0 Å². The summed E-state index contributed by atoms with van der Waals surface area (Å²) in [4.78, 5) is 15.3. The zero-order chi connectivity index (χ0) is 16.5. The molecule has 1 aromatic rings. The van der Waals surface area contributed by atoms with E-state index >= 15 is 0 Å². The molecule has 1 aromatic heterocycles. The highest BCUT2D eigenvalue weighted by Gasteiger charge is 2.55. The normalized spacial score (nSPS) is 31.8. The van der Waals surface area contributed by atoms with Gasteiger partial charge in [-0.3, -0.25) is 4.57 Å². The lowest BCUT2D eigenvalue weighted by atomic mass is 9.89. The standard InChI is InChI=1S/C14H22FN3O4/c1-8(2)3-5-14(7-19)11(20)10(15)12(22-14)18-6-4-9(16)17-13(18)21/h4,6,8,10-12,19-20H,3,5,7H2,1-2H3,(H2,16,17,21). The number of nitrogens with two attached hydrogens (primary N) is 1. The molecule has 1 aliphatic heterocycles. The first-order valence-electron chi connectivity index (χ1n) is 7.26. The summed E-state index contributed by atoms with van der Waals surface area (Å²) in [7, 11) is 0. The van der Waals surface area contributed by atoms with Crippen LogP contribution >= 0.6 is 0 Å². The number of anilines is 1. The zero-order valence-electron chi connectivity index (χ0n) is 12.6. The molecule has 0 bridgehead atoms. The van der Waals surface area contributed by atoms with Gasteiger partial charge in [0.2, 0.25) is 0 Å². The molecule has 0 radical (unpaired) electrons. The van der Waals surface area contributed by atoms with Crippen LogP contribution in [0.3, 0.4) is 0 Å². The van der Waals surface area contributed by atoms with Gasteiger partial charge in [0.1, 0.15) is 17.5 Å². The molecule has 2 rings (SSSR count). The van der Waals surface area contributed by atoms with Crippen LogP contribution in [0.1, 0.15) is 32.9 Å². The smallest absolute Gasteiger partial charge is 0.351 e. The lowest BCUT2D eigenvalue weighted by Crippen LogP contribution is -2.45. The van der Waals surface area contributed by atoms with Gasteiger partial charge in [-0.15, -0.1) is 0 Å². The third-order valence-corrected chi connectivity index (χ3v) is 4.01. The molecule has 124 valence electrons. The Labute approximate surface area is 127 Å². The van der Waals surface area contributed by atoms with Crippen molar-refractivity contribution in [2.45, 2.75) is 50.8 Å². The van der Waals surface area contributed by atoms with Gasteiger partial charge < -0.3 is 20.7 Å². The topological polar surface area (TPSA) is 111 Å². The Morgan fingerprint density at radius 1 is 1.59 bits per heavy atom. The average molecular weight is 315 g/mol. The van der Waals surface area contributed by atoms with Crippen molar-refractivity contribution in [1.82, 2.24) is 9.55 Å². The molecule has 22 heavy (non-hydrogen) atoms. The first kappa shape index (κ1) is 16.9. The van der Waals surface area contributed by atoms with Crippen LogP contribution < -0.4 is 11.4 Å². The number of nitrogen functional groups attached to an aromatic ring is 1. The van der Waals surface area contributed by atoms with E-state index in [0.717, 1.165) is 4.57 Å². The third kappa shape index (κ3) is 2.99. The van der Waals surface area contributed by atoms with Crippen molar-refractivity contribution in [3.63, 3.8) is 0 Å². The maximum Gasteiger partial charge on any atom is 0.351 e. The lowest BCUT2D eigenvalue weighted by Gasteiger charge is -2.30. The van der Waals surface area contributed by atoms with Crippen LogP contribution in [-0.4, -0.2) is 44.2 Å². The minimum atomic E-state index is -1.84. The first-order chi connectivity index (χ1) is 10.3. The van der Waals surface area contributed by atoms with E-state index in [1.165, 1.54) is 12.3 Å². The molecule has 8 heteroatoms. The van der Waals surface area contributed by atoms with Gasteiger partial charge in [0.15, 0.2) is 12.4 Å². The molecule has 0 aliphatic carbocycles. The summed E-state index contributed by atoms with van der Waals surface area (Å²) < 4.78 is 21.0. The summed E-state index contributed by atoms with van der Waals surface area (Å²) in [5.74, 6) is 0.320. The van der Waals surface area contributed by atoms with Crippen LogP contribution in [0.2, 0.25) is 0 Å². The number of halogens is 1. The van der Waals surface area contributed by atoms with Gasteiger partial charge in [-0.2, -0.15) is 4.98 Å². The van der Waals surface area contributed by atoms with E-state index in [1.54, 1.807) is 0 Å². The molecule has 4 unspecified atom stereocenters. The van der Waals surface area contributed by atoms with Crippen LogP contribution in [0.5, 0.6) is 0 Å². The van der Waals surface area contributed by atoms with Crippen molar-refractivity contribution < 1.29 is 19.3 Å². The van der Waals surface area contributed by atoms with E-state index < -0.39 is 36.4 Å². The number of aliphatic hydroxyl groups excluding tert-OH is 2. The van der Waals surface area contributed by atoms with Gasteiger partial charge in [0.25, 0.3) is 0 Å². The molecule has 0 spiro atoms. The maximum absolute atomic E-state index is 14.4. The van der Waals surface area contributed by atoms with E-state index in [2.05, 4.69) is 4.98 Å². The zero-order valence-corrected chi connectivity index (χ0v) is 12.6. The number of ether oxygens (including phenoxy) is 1. The summed E-state index contributed by atoms with van der Waals surface area (Å²) >= 11 is 0. The van der Waals surface area contributed by atoms with Gasteiger partial charge in [0, 0.05) is 6.20 Å². The number of nitrogens with zero attached hydrogens (tertiary/aromatic N) is 2. The molecule has 0 saturated carbocycles. The Morgan fingerprint density at radius 2 is 2.27 bits per heavy atom. The number of alkyl halides is 1. The fourth-order valence-electron chi connectivity index (χ4n) is 2.60. The number of rotatable bonds is 5. The van der Waals surface area contributed by atoms with Crippen LogP contribution in [0.15, 0.2) is 17.1 Å². The van der Waals surface area contributed by atoms with Crippen LogP contribution in [-0.2, 0) is 4.74 Å². The summed E-state index contributed by atoms with van der Waals surface area (Å²) in [6.45, 7) is 3.42. The molecule has 4 atom stereocenters. The molecule has 4 N–H and O–H groups in total. The Bertz CT molecular complexity index is 579. The molecule has 1 saturated heterocycles. The molecular formula is C14H22FN3O4. The first-order valence-corrected chi connectivity index (χ1v) is 7.26. The monoisotopic (exact) mass is 315 g/mol. The molecule has 2 heterocycles. The third-order valence-electron chi connectivity index (χ3n) is 4.01. The van der Waals surface area contributed by atoms with Crippen molar-refractivity contribution in [2.75, 3.05) is 12.3 Å². The van der Waals surface area contributed by atoms with Crippen molar-refractivity contribution in [2.24, 2.45) is 5.92 Å². The summed E-state index contributed by atoms with van der Waals surface area (Å²) in [6, 6.07) is 1.34. The summed E-state index contributed by atoms with van der Waals surface area (Å²) in [6.07, 6.45) is -2.50. The molecule has 0 aromatic carbocycles. The van der Waals surface area contributed by atoms with Gasteiger partial charge in [-0.25, -0.2) is 9.18 Å². The molecule has 7 nitrogen and oxygen atoms in total. The van der Waals surface area contributed by atoms with E-state index in [4.69, 9.17) is 10.5 Å². The minimum Gasteiger partial charge on any atom is -0.393 e. The van der Waals surface area contributed by atoms with Crippen LogP contribution in [0, 0.1) is 5.92 Å². The number of aliphatic hydroxyl groups is 2. The largest absolute Gasteiger partial charge is 0.393 e. The number of hydrogen-bond donors (Lipinski definition) is 3. The fourth-order valence-corrected chi connectivity index (χ4v) is 2.60. The van der Waals surface area contributed by atoms with Crippen molar-refractivity contribution in [3.05, 3.63) is 22.7 Å². The second-order valence-corrected chi connectivity index (χ2v) is 6.10. The fraction of sp³-hybridized carbons (Fsp3) is 0.714. The average Bonchev–Trinajstić information content (AvgIpc) is 2.71. The quantitative estimate of drug-likeness (QED) is 0.717. The van der Waals surface area contributed by atoms with Crippen molar-refractivity contribution >= 4 is 5.82 Å². The number of hydrogen-bond acceptors (Lipinski definition) is 6. The molecule has 1 fully saturated rings. The highest BCUT2D eigenvalue weighted by atomic mass is 19.1. The predicted octanol–water partition coefficient (Wildman–Crippen LogP) is 0.221. The van der Waals surface area contributed by atoms with Gasteiger partial charge >= 0.3 is 5.69 Å². The summed E-state index contributed by atoms with van der Waals surface area (Å²) in [5.41, 5.74) is 3.21. The van der Waals surface area contributed by atoms with Gasteiger partial charge in [0.05, 0.1) is 6.61 Å². The lowest BCUT2D eigenvalue weighted by molar-refractivity contribution is -0.134. The second-order valence-electron chi connectivity index (χ2n) is 6.10. The Hall–Kier alpha value is -1.51. The highest BCUT2D eigenvalue weighted by molar-refractivity contribution is 5.23. The molecular weight excluding hydrogens is 293 g/mol. The Morgan fingerprint density at radius 3 is 2.82 bits per heavy atom.